The Bertz CT molecular complexity index is 545. The maximum atomic E-state index is 12.2. The predicted octanol–water partition coefficient (Wildman–Crippen LogP) is 1.72. The first kappa shape index (κ1) is 13.6. The topological polar surface area (TPSA) is 42.3 Å². The second-order valence-corrected chi connectivity index (χ2v) is 4.86. The van der Waals surface area contributed by atoms with Gasteiger partial charge in [-0.15, -0.1) is 0 Å². The van der Waals surface area contributed by atoms with Crippen molar-refractivity contribution in [3.05, 3.63) is 46.4 Å². The highest BCUT2D eigenvalue weighted by Gasteiger charge is 2.22. The van der Waals surface area contributed by atoms with E-state index in [2.05, 4.69) is 13.0 Å². The Kier molecular flexibility index (Phi) is 4.20. The van der Waals surface area contributed by atoms with E-state index in [4.69, 9.17) is 0 Å². The van der Waals surface area contributed by atoms with E-state index < -0.39 is 0 Å². The second-order valence-electron chi connectivity index (χ2n) is 4.86. The van der Waals surface area contributed by atoms with E-state index in [9.17, 15) is 9.59 Å². The van der Waals surface area contributed by atoms with Gasteiger partial charge in [0, 0.05) is 31.3 Å². The molecule has 0 N–H and O–H groups in total. The maximum absolute atomic E-state index is 12.2. The SMILES string of the molecule is CCC1C=CCN1C(=O)CCn1c(C)cccc1=O. The summed E-state index contributed by atoms with van der Waals surface area (Å²) in [6.07, 6.45) is 5.43. The van der Waals surface area contributed by atoms with E-state index in [0.717, 1.165) is 12.1 Å². The smallest absolute Gasteiger partial charge is 0.250 e. The van der Waals surface area contributed by atoms with E-state index >= 15 is 0 Å². The standard InChI is InChI=1S/C15H20N2O2/c1-3-13-7-5-10-17(13)15(19)9-11-16-12(2)6-4-8-14(16)18/h4-8,13H,3,9-11H2,1-2H3. The molecular formula is C15H20N2O2. The molecular weight excluding hydrogens is 240 g/mol. The summed E-state index contributed by atoms with van der Waals surface area (Å²) >= 11 is 0. The van der Waals surface area contributed by atoms with Gasteiger partial charge in [0.2, 0.25) is 5.91 Å². The molecule has 1 amide bonds. The second kappa shape index (κ2) is 5.87. The number of carbonyl (C=O) groups is 1. The highest BCUT2D eigenvalue weighted by atomic mass is 16.2. The van der Waals surface area contributed by atoms with Crippen LogP contribution in [-0.2, 0) is 11.3 Å². The predicted molar refractivity (Wildman–Crippen MR) is 75.0 cm³/mol. The molecule has 0 saturated carbocycles. The summed E-state index contributed by atoms with van der Waals surface area (Å²) in [6.45, 7) is 5.11. The number of nitrogens with zero attached hydrogens (tertiary/aromatic N) is 2. The summed E-state index contributed by atoms with van der Waals surface area (Å²) in [6, 6.07) is 5.39. The number of carbonyl (C=O) groups excluding carboxylic acids is 1. The van der Waals surface area contributed by atoms with Crippen LogP contribution in [0.5, 0.6) is 0 Å². The van der Waals surface area contributed by atoms with Gasteiger partial charge >= 0.3 is 0 Å². The number of hydrogen-bond donors (Lipinski definition) is 0. The molecule has 4 heteroatoms. The van der Waals surface area contributed by atoms with Crippen LogP contribution in [0.15, 0.2) is 35.1 Å². The van der Waals surface area contributed by atoms with Gasteiger partial charge in [0.05, 0.1) is 6.04 Å². The van der Waals surface area contributed by atoms with Crippen LogP contribution in [0.1, 0.15) is 25.5 Å². The maximum Gasteiger partial charge on any atom is 0.250 e. The van der Waals surface area contributed by atoms with E-state index in [0.29, 0.717) is 19.5 Å². The highest BCUT2D eigenvalue weighted by molar-refractivity contribution is 5.77. The molecule has 2 heterocycles. The Hall–Kier alpha value is -1.84. The molecule has 1 aromatic rings. The Morgan fingerprint density at radius 1 is 1.42 bits per heavy atom. The Morgan fingerprint density at radius 3 is 2.89 bits per heavy atom. The fraction of sp³-hybridized carbons (Fsp3) is 0.467. The Morgan fingerprint density at radius 2 is 2.21 bits per heavy atom. The molecule has 1 unspecified atom stereocenters. The number of pyridine rings is 1. The molecule has 0 radical (unpaired) electrons. The number of hydrogen-bond acceptors (Lipinski definition) is 2. The highest BCUT2D eigenvalue weighted by Crippen LogP contribution is 2.14. The summed E-state index contributed by atoms with van der Waals surface area (Å²) in [5.74, 6) is 0.118. The van der Waals surface area contributed by atoms with E-state index in [1.165, 1.54) is 6.07 Å². The lowest BCUT2D eigenvalue weighted by Crippen LogP contribution is -2.36. The lowest BCUT2D eigenvalue weighted by atomic mass is 10.2. The van der Waals surface area contributed by atoms with Crippen molar-refractivity contribution in [3.8, 4) is 0 Å². The van der Waals surface area contributed by atoms with Crippen LogP contribution in [0, 0.1) is 6.92 Å². The molecule has 102 valence electrons. The summed E-state index contributed by atoms with van der Waals surface area (Å²) < 4.78 is 1.66. The van der Waals surface area contributed by atoms with Crippen molar-refractivity contribution in [1.29, 1.82) is 0 Å². The minimum atomic E-state index is -0.0422. The summed E-state index contributed by atoms with van der Waals surface area (Å²) in [7, 11) is 0. The number of rotatable bonds is 4. The first-order chi connectivity index (χ1) is 9.13. The molecule has 4 nitrogen and oxygen atoms in total. The third-order valence-electron chi connectivity index (χ3n) is 3.62. The lowest BCUT2D eigenvalue weighted by molar-refractivity contribution is -0.131. The van der Waals surface area contributed by atoms with Crippen LogP contribution in [-0.4, -0.2) is 28.0 Å². The van der Waals surface area contributed by atoms with Crippen LogP contribution >= 0.6 is 0 Å². The third kappa shape index (κ3) is 2.95. The molecule has 0 saturated heterocycles. The van der Waals surface area contributed by atoms with Gasteiger partial charge in [0.15, 0.2) is 0 Å². The molecule has 0 fully saturated rings. The van der Waals surface area contributed by atoms with Gasteiger partial charge in [-0.2, -0.15) is 0 Å². The molecule has 1 aliphatic heterocycles. The number of amides is 1. The van der Waals surface area contributed by atoms with Gasteiger partial charge in [0.1, 0.15) is 0 Å². The minimum absolute atomic E-state index is 0.0422. The number of aryl methyl sites for hydroxylation is 1. The van der Waals surface area contributed by atoms with Crippen LogP contribution in [0.4, 0.5) is 0 Å². The molecule has 1 atom stereocenters. The first-order valence-electron chi connectivity index (χ1n) is 6.76. The monoisotopic (exact) mass is 260 g/mol. The van der Waals surface area contributed by atoms with Crippen molar-refractivity contribution < 1.29 is 4.79 Å². The average molecular weight is 260 g/mol. The molecule has 1 aliphatic rings. The Labute approximate surface area is 113 Å². The largest absolute Gasteiger partial charge is 0.332 e. The van der Waals surface area contributed by atoms with Crippen molar-refractivity contribution in [1.82, 2.24) is 9.47 Å². The van der Waals surface area contributed by atoms with Crippen LogP contribution < -0.4 is 5.56 Å². The summed E-state index contributed by atoms with van der Waals surface area (Å²) in [5.41, 5.74) is 0.853. The van der Waals surface area contributed by atoms with Crippen molar-refractivity contribution in [3.63, 3.8) is 0 Å². The quantitative estimate of drug-likeness (QED) is 0.774. The lowest BCUT2D eigenvalue weighted by Gasteiger charge is -2.23. The van der Waals surface area contributed by atoms with Gasteiger partial charge in [-0.1, -0.05) is 25.1 Å². The molecule has 0 aliphatic carbocycles. The zero-order valence-electron chi connectivity index (χ0n) is 11.5. The number of aromatic nitrogens is 1. The molecule has 2 rings (SSSR count). The van der Waals surface area contributed by atoms with Gasteiger partial charge in [-0.25, -0.2) is 0 Å². The van der Waals surface area contributed by atoms with Crippen molar-refractivity contribution in [2.24, 2.45) is 0 Å². The molecule has 0 spiro atoms. The first-order valence-corrected chi connectivity index (χ1v) is 6.76. The molecule has 0 aromatic carbocycles. The van der Waals surface area contributed by atoms with Gasteiger partial charge in [0.25, 0.3) is 5.56 Å². The zero-order valence-corrected chi connectivity index (χ0v) is 11.5. The average Bonchev–Trinajstić information content (AvgIpc) is 2.86. The van der Waals surface area contributed by atoms with Crippen molar-refractivity contribution in [2.45, 2.75) is 39.3 Å². The van der Waals surface area contributed by atoms with E-state index in [-0.39, 0.29) is 17.5 Å². The fourth-order valence-electron chi connectivity index (χ4n) is 2.48. The van der Waals surface area contributed by atoms with Gasteiger partial charge in [-0.05, 0) is 19.4 Å². The minimum Gasteiger partial charge on any atom is -0.332 e. The van der Waals surface area contributed by atoms with Crippen LogP contribution in [0.2, 0.25) is 0 Å². The molecule has 19 heavy (non-hydrogen) atoms. The molecule has 0 bridgehead atoms. The fourth-order valence-corrected chi connectivity index (χ4v) is 2.48. The zero-order chi connectivity index (χ0) is 13.8. The van der Waals surface area contributed by atoms with Crippen LogP contribution in [0.25, 0.3) is 0 Å². The van der Waals surface area contributed by atoms with Crippen molar-refractivity contribution >= 4 is 5.91 Å². The van der Waals surface area contributed by atoms with E-state index in [1.54, 1.807) is 10.6 Å². The van der Waals surface area contributed by atoms with Crippen LogP contribution in [0.3, 0.4) is 0 Å². The summed E-state index contributed by atoms with van der Waals surface area (Å²) in [5, 5.41) is 0. The normalized spacial score (nSPS) is 18.0. The van der Waals surface area contributed by atoms with Gasteiger partial charge in [-0.3, -0.25) is 9.59 Å². The molecule has 1 aromatic heterocycles. The summed E-state index contributed by atoms with van der Waals surface area (Å²) in [4.78, 5) is 25.8. The third-order valence-corrected chi connectivity index (χ3v) is 3.62. The van der Waals surface area contributed by atoms with E-state index in [1.807, 2.05) is 24.0 Å². The van der Waals surface area contributed by atoms with Gasteiger partial charge < -0.3 is 9.47 Å². The van der Waals surface area contributed by atoms with Crippen molar-refractivity contribution in [2.75, 3.05) is 6.54 Å². The Balaban J connectivity index is 1.99.